The summed E-state index contributed by atoms with van der Waals surface area (Å²) in [5.74, 6) is 2.10. The average Bonchev–Trinajstić information content (AvgIpc) is 2.56. The Labute approximate surface area is 112 Å². The highest BCUT2D eigenvalue weighted by molar-refractivity contribution is 5.84. The molecule has 0 aromatic carbocycles. The lowest BCUT2D eigenvalue weighted by atomic mass is 9.97. The third kappa shape index (κ3) is 3.71. The van der Waals surface area contributed by atoms with Crippen molar-refractivity contribution in [2.45, 2.75) is 66.6 Å². The maximum Gasteiger partial charge on any atom is 0.241 e. The van der Waals surface area contributed by atoms with Gasteiger partial charge in [-0.25, -0.2) is 0 Å². The molecule has 3 atom stereocenters. The Hall–Kier alpha value is -0.570. The van der Waals surface area contributed by atoms with E-state index >= 15 is 0 Å². The van der Waals surface area contributed by atoms with Crippen LogP contribution in [0.25, 0.3) is 0 Å². The van der Waals surface area contributed by atoms with Crippen molar-refractivity contribution in [3.63, 3.8) is 0 Å². The van der Waals surface area contributed by atoms with E-state index in [9.17, 15) is 4.79 Å². The van der Waals surface area contributed by atoms with E-state index in [1.807, 2.05) is 0 Å². The smallest absolute Gasteiger partial charge is 0.241 e. The molecule has 3 nitrogen and oxygen atoms in total. The molecule has 0 saturated carbocycles. The minimum absolute atomic E-state index is 0.0353. The van der Waals surface area contributed by atoms with Gasteiger partial charge in [0.05, 0.1) is 12.2 Å². The topological polar surface area (TPSA) is 32.3 Å². The summed E-state index contributed by atoms with van der Waals surface area (Å²) in [6, 6.07) is 0.0353. The summed E-state index contributed by atoms with van der Waals surface area (Å²) in [5, 5.41) is 3.49. The number of carbonyl (C=O) groups is 1. The van der Waals surface area contributed by atoms with Crippen molar-refractivity contribution in [1.82, 2.24) is 10.2 Å². The fourth-order valence-corrected chi connectivity index (χ4v) is 2.42. The van der Waals surface area contributed by atoms with E-state index in [1.54, 1.807) is 0 Å². The molecule has 106 valence electrons. The molecule has 18 heavy (non-hydrogen) atoms. The molecule has 0 aliphatic carbocycles. The first-order valence-electron chi connectivity index (χ1n) is 7.43. The van der Waals surface area contributed by atoms with E-state index < -0.39 is 0 Å². The van der Waals surface area contributed by atoms with Crippen LogP contribution in [0.1, 0.15) is 54.4 Å². The highest BCUT2D eigenvalue weighted by Gasteiger charge is 2.38. The second-order valence-electron chi connectivity index (χ2n) is 6.48. The van der Waals surface area contributed by atoms with Crippen molar-refractivity contribution in [1.29, 1.82) is 0 Å². The van der Waals surface area contributed by atoms with Crippen LogP contribution in [0.15, 0.2) is 0 Å². The number of nitrogens with zero attached hydrogens (tertiary/aromatic N) is 1. The van der Waals surface area contributed by atoms with E-state index in [-0.39, 0.29) is 12.2 Å². The molecule has 1 heterocycles. The lowest BCUT2D eigenvalue weighted by molar-refractivity contribution is -0.131. The number of amides is 1. The molecule has 1 saturated heterocycles. The Balaban J connectivity index is 2.72. The first kappa shape index (κ1) is 15.5. The molecule has 1 aliphatic heterocycles. The van der Waals surface area contributed by atoms with Crippen LogP contribution in [0, 0.1) is 17.8 Å². The zero-order valence-corrected chi connectivity index (χ0v) is 12.9. The maximum absolute atomic E-state index is 12.3. The third-order valence-electron chi connectivity index (χ3n) is 4.08. The van der Waals surface area contributed by atoms with Crippen molar-refractivity contribution in [3.05, 3.63) is 0 Å². The molecule has 0 spiro atoms. The molecule has 3 heteroatoms. The molecule has 0 aromatic rings. The van der Waals surface area contributed by atoms with Crippen molar-refractivity contribution >= 4 is 5.91 Å². The van der Waals surface area contributed by atoms with Crippen LogP contribution in [0.5, 0.6) is 0 Å². The summed E-state index contributed by atoms with van der Waals surface area (Å²) in [5.41, 5.74) is 0. The van der Waals surface area contributed by atoms with E-state index in [4.69, 9.17) is 0 Å². The van der Waals surface area contributed by atoms with Crippen LogP contribution < -0.4 is 5.32 Å². The fraction of sp³-hybridized carbons (Fsp3) is 0.933. The number of rotatable bonds is 6. The van der Waals surface area contributed by atoms with Crippen LogP contribution in [-0.4, -0.2) is 29.6 Å². The van der Waals surface area contributed by atoms with Crippen LogP contribution in [0.2, 0.25) is 0 Å². The number of hydrogen-bond donors (Lipinski definition) is 1. The molecule has 0 aromatic heterocycles. The van der Waals surface area contributed by atoms with Gasteiger partial charge in [-0.2, -0.15) is 0 Å². The Morgan fingerprint density at radius 1 is 1.22 bits per heavy atom. The van der Waals surface area contributed by atoms with Gasteiger partial charge in [0.25, 0.3) is 0 Å². The first-order valence-corrected chi connectivity index (χ1v) is 7.43. The van der Waals surface area contributed by atoms with Gasteiger partial charge in [-0.15, -0.1) is 0 Å². The molecule has 0 bridgehead atoms. The van der Waals surface area contributed by atoms with Crippen molar-refractivity contribution in [2.75, 3.05) is 6.54 Å². The van der Waals surface area contributed by atoms with E-state index in [0.29, 0.717) is 23.7 Å². The summed E-state index contributed by atoms with van der Waals surface area (Å²) >= 11 is 0. The normalized spacial score (nSPS) is 26.4. The van der Waals surface area contributed by atoms with E-state index in [0.717, 1.165) is 19.4 Å². The van der Waals surface area contributed by atoms with Gasteiger partial charge in [-0.3, -0.25) is 10.1 Å². The van der Waals surface area contributed by atoms with Crippen molar-refractivity contribution in [2.24, 2.45) is 17.8 Å². The SMILES string of the molecule is CCC1NC(CC(C)C)N(CC(C)C(C)C)C1=O. The van der Waals surface area contributed by atoms with Gasteiger partial charge < -0.3 is 4.90 Å². The molecule has 3 unspecified atom stereocenters. The molecule has 1 fully saturated rings. The Morgan fingerprint density at radius 3 is 2.28 bits per heavy atom. The van der Waals surface area contributed by atoms with Crippen LogP contribution in [0.3, 0.4) is 0 Å². The summed E-state index contributed by atoms with van der Waals surface area (Å²) in [7, 11) is 0. The Kier molecular flexibility index (Phi) is 5.64. The van der Waals surface area contributed by atoms with Gasteiger partial charge in [0, 0.05) is 6.54 Å². The highest BCUT2D eigenvalue weighted by atomic mass is 16.2. The monoisotopic (exact) mass is 254 g/mol. The largest absolute Gasteiger partial charge is 0.326 e. The first-order chi connectivity index (χ1) is 8.36. The van der Waals surface area contributed by atoms with Gasteiger partial charge in [0.15, 0.2) is 0 Å². The average molecular weight is 254 g/mol. The predicted octanol–water partition coefficient (Wildman–Crippen LogP) is 2.86. The summed E-state index contributed by atoms with van der Waals surface area (Å²) in [6.45, 7) is 14.1. The zero-order valence-electron chi connectivity index (χ0n) is 12.9. The van der Waals surface area contributed by atoms with Crippen LogP contribution >= 0.6 is 0 Å². The number of hydrogen-bond acceptors (Lipinski definition) is 2. The molecule has 1 N–H and O–H groups in total. The molecular formula is C15H30N2O. The lowest BCUT2D eigenvalue weighted by Crippen LogP contribution is -2.41. The molecule has 0 radical (unpaired) electrons. The van der Waals surface area contributed by atoms with Gasteiger partial charge in [0.2, 0.25) is 5.91 Å². The Morgan fingerprint density at radius 2 is 1.83 bits per heavy atom. The quantitative estimate of drug-likeness (QED) is 0.790. The molecule has 1 rings (SSSR count). The minimum atomic E-state index is 0.0353. The van der Waals surface area contributed by atoms with Gasteiger partial charge >= 0.3 is 0 Å². The van der Waals surface area contributed by atoms with Gasteiger partial charge in [0.1, 0.15) is 0 Å². The summed E-state index contributed by atoms with van der Waals surface area (Å²) in [4.78, 5) is 14.4. The van der Waals surface area contributed by atoms with Crippen molar-refractivity contribution < 1.29 is 4.79 Å². The van der Waals surface area contributed by atoms with Crippen LogP contribution in [-0.2, 0) is 4.79 Å². The standard InChI is InChI=1S/C15H30N2O/c1-7-13-15(18)17(9-12(6)11(4)5)14(16-13)8-10(2)3/h10-14,16H,7-9H2,1-6H3. The van der Waals surface area contributed by atoms with E-state index in [2.05, 4.69) is 51.8 Å². The zero-order chi connectivity index (χ0) is 13.9. The molecule has 1 amide bonds. The highest BCUT2D eigenvalue weighted by Crippen LogP contribution is 2.22. The number of nitrogens with one attached hydrogen (secondary N) is 1. The second kappa shape index (κ2) is 6.55. The predicted molar refractivity (Wildman–Crippen MR) is 76.2 cm³/mol. The minimum Gasteiger partial charge on any atom is -0.326 e. The molecular weight excluding hydrogens is 224 g/mol. The fourth-order valence-electron chi connectivity index (χ4n) is 2.42. The second-order valence-corrected chi connectivity index (χ2v) is 6.48. The summed E-state index contributed by atoms with van der Waals surface area (Å²) < 4.78 is 0. The number of carbonyl (C=O) groups excluding carboxylic acids is 1. The van der Waals surface area contributed by atoms with E-state index in [1.165, 1.54) is 0 Å². The third-order valence-corrected chi connectivity index (χ3v) is 4.08. The lowest BCUT2D eigenvalue weighted by Gasteiger charge is -2.29. The summed E-state index contributed by atoms with van der Waals surface area (Å²) in [6.07, 6.45) is 2.18. The molecule has 1 aliphatic rings. The van der Waals surface area contributed by atoms with Crippen LogP contribution in [0.4, 0.5) is 0 Å². The maximum atomic E-state index is 12.3. The Bertz CT molecular complexity index is 276. The van der Waals surface area contributed by atoms with Gasteiger partial charge in [-0.1, -0.05) is 41.5 Å². The van der Waals surface area contributed by atoms with Crippen molar-refractivity contribution in [3.8, 4) is 0 Å². The van der Waals surface area contributed by atoms with Gasteiger partial charge in [-0.05, 0) is 30.6 Å².